The van der Waals surface area contributed by atoms with Crippen LogP contribution < -0.4 is 15.4 Å². The van der Waals surface area contributed by atoms with Gasteiger partial charge in [-0.1, -0.05) is 24.3 Å². The normalized spacial score (nSPS) is 11.9. The average Bonchev–Trinajstić information content (AvgIpc) is 2.66. The molecule has 0 aliphatic rings. The topological polar surface area (TPSA) is 82.6 Å². The number of aliphatic imine (C=N–C) groups is 1. The van der Waals surface area contributed by atoms with Crippen LogP contribution in [0.4, 0.5) is 8.78 Å². The summed E-state index contributed by atoms with van der Waals surface area (Å²) in [6.07, 6.45) is 0. The van der Waals surface area contributed by atoms with Gasteiger partial charge in [0.05, 0.1) is 12.3 Å². The zero-order chi connectivity index (χ0) is 22.1. The van der Waals surface area contributed by atoms with Gasteiger partial charge in [0.1, 0.15) is 11.6 Å². The van der Waals surface area contributed by atoms with Gasteiger partial charge in [-0.15, -0.1) is 24.0 Å². The maximum absolute atomic E-state index is 13.8. The van der Waals surface area contributed by atoms with E-state index in [1.807, 2.05) is 19.1 Å². The SMILES string of the molecule is CCNC(=NCc1cc(F)ccc1F)NCc1ccccc1CS(=O)(=O)NC(C)C.I. The van der Waals surface area contributed by atoms with Crippen molar-refractivity contribution >= 4 is 40.0 Å². The number of hydrogen-bond donors (Lipinski definition) is 3. The van der Waals surface area contributed by atoms with Crippen molar-refractivity contribution in [2.24, 2.45) is 4.99 Å². The summed E-state index contributed by atoms with van der Waals surface area (Å²) in [5.41, 5.74) is 1.62. The molecular weight excluding hydrogens is 537 g/mol. The van der Waals surface area contributed by atoms with E-state index in [-0.39, 0.29) is 47.9 Å². The maximum Gasteiger partial charge on any atom is 0.216 e. The van der Waals surface area contributed by atoms with E-state index in [1.54, 1.807) is 26.0 Å². The van der Waals surface area contributed by atoms with Gasteiger partial charge in [0, 0.05) is 24.7 Å². The lowest BCUT2D eigenvalue weighted by atomic mass is 10.1. The molecule has 3 N–H and O–H groups in total. The second-order valence-corrected chi connectivity index (χ2v) is 8.84. The molecular formula is C21H29F2IN4O2S. The van der Waals surface area contributed by atoms with E-state index in [0.29, 0.717) is 24.6 Å². The van der Waals surface area contributed by atoms with Crippen LogP contribution in [0.5, 0.6) is 0 Å². The number of sulfonamides is 1. The first kappa shape index (κ1) is 27.2. The lowest BCUT2D eigenvalue weighted by Gasteiger charge is -2.15. The van der Waals surface area contributed by atoms with Crippen molar-refractivity contribution in [2.75, 3.05) is 6.54 Å². The Morgan fingerprint density at radius 2 is 1.71 bits per heavy atom. The Morgan fingerprint density at radius 1 is 1.03 bits per heavy atom. The Hall–Kier alpha value is -1.79. The summed E-state index contributed by atoms with van der Waals surface area (Å²) in [6.45, 7) is 6.29. The second kappa shape index (κ2) is 12.9. The molecule has 0 heterocycles. The summed E-state index contributed by atoms with van der Waals surface area (Å²) < 4.78 is 54.3. The quantitative estimate of drug-likeness (QED) is 0.246. The van der Waals surface area contributed by atoms with E-state index in [1.165, 1.54) is 0 Å². The first-order valence-electron chi connectivity index (χ1n) is 9.73. The number of rotatable bonds is 9. The molecule has 0 bridgehead atoms. The lowest BCUT2D eigenvalue weighted by molar-refractivity contribution is 0.568. The summed E-state index contributed by atoms with van der Waals surface area (Å²) in [4.78, 5) is 4.30. The van der Waals surface area contributed by atoms with E-state index in [0.717, 1.165) is 23.8 Å². The van der Waals surface area contributed by atoms with Crippen molar-refractivity contribution in [2.45, 2.75) is 45.7 Å². The van der Waals surface area contributed by atoms with Gasteiger partial charge in [0.15, 0.2) is 5.96 Å². The summed E-state index contributed by atoms with van der Waals surface area (Å²) >= 11 is 0. The highest BCUT2D eigenvalue weighted by Gasteiger charge is 2.15. The van der Waals surface area contributed by atoms with E-state index < -0.39 is 21.7 Å². The van der Waals surface area contributed by atoms with E-state index >= 15 is 0 Å². The Morgan fingerprint density at radius 3 is 2.35 bits per heavy atom. The monoisotopic (exact) mass is 566 g/mol. The maximum atomic E-state index is 13.8. The van der Waals surface area contributed by atoms with Crippen molar-refractivity contribution in [3.8, 4) is 0 Å². The summed E-state index contributed by atoms with van der Waals surface area (Å²) in [6, 6.07) is 10.3. The molecule has 10 heteroatoms. The van der Waals surface area contributed by atoms with Crippen molar-refractivity contribution in [1.82, 2.24) is 15.4 Å². The standard InChI is InChI=1S/C21H28F2N4O2S.HI/c1-4-24-21(26-13-18-11-19(22)9-10-20(18)23)25-12-16-7-5-6-8-17(16)14-30(28,29)27-15(2)3;/h5-11,15,27H,4,12-14H2,1-3H3,(H2,24,25,26);1H. The Kier molecular flexibility index (Phi) is 11.4. The van der Waals surface area contributed by atoms with Gasteiger partial charge >= 0.3 is 0 Å². The Balaban J connectivity index is 0.00000480. The molecule has 6 nitrogen and oxygen atoms in total. The van der Waals surface area contributed by atoms with Crippen LogP contribution in [0, 0.1) is 11.6 Å². The van der Waals surface area contributed by atoms with Crippen molar-refractivity contribution in [3.63, 3.8) is 0 Å². The van der Waals surface area contributed by atoms with Gasteiger partial charge in [-0.05, 0) is 50.1 Å². The van der Waals surface area contributed by atoms with Crippen molar-refractivity contribution < 1.29 is 17.2 Å². The molecule has 0 unspecified atom stereocenters. The molecule has 0 aromatic heterocycles. The molecule has 2 rings (SSSR count). The zero-order valence-corrected chi connectivity index (χ0v) is 20.9. The van der Waals surface area contributed by atoms with Gasteiger partial charge < -0.3 is 10.6 Å². The molecule has 0 radical (unpaired) electrons. The number of guanidine groups is 1. The Bertz CT molecular complexity index is 985. The average molecular weight is 566 g/mol. The van der Waals surface area contributed by atoms with E-state index in [2.05, 4.69) is 20.3 Å². The lowest BCUT2D eigenvalue weighted by Crippen LogP contribution is -2.37. The van der Waals surface area contributed by atoms with Crippen LogP contribution in [0.1, 0.15) is 37.5 Å². The minimum absolute atomic E-state index is 0. The third-order valence-electron chi connectivity index (χ3n) is 4.08. The fourth-order valence-corrected chi connectivity index (χ4v) is 4.32. The molecule has 0 spiro atoms. The first-order chi connectivity index (χ1) is 14.2. The Labute approximate surface area is 200 Å². The van der Waals surface area contributed by atoms with Gasteiger partial charge in [-0.25, -0.2) is 26.9 Å². The first-order valence-corrected chi connectivity index (χ1v) is 11.4. The van der Waals surface area contributed by atoms with Crippen LogP contribution in [-0.4, -0.2) is 27.0 Å². The molecule has 0 aliphatic carbocycles. The van der Waals surface area contributed by atoms with E-state index in [4.69, 9.17) is 0 Å². The van der Waals surface area contributed by atoms with Crippen LogP contribution in [0.15, 0.2) is 47.5 Å². The molecule has 0 saturated heterocycles. The van der Waals surface area contributed by atoms with Gasteiger partial charge in [0.2, 0.25) is 10.0 Å². The van der Waals surface area contributed by atoms with Crippen molar-refractivity contribution in [3.05, 3.63) is 70.8 Å². The molecule has 0 amide bonds. The molecule has 2 aromatic carbocycles. The summed E-state index contributed by atoms with van der Waals surface area (Å²) in [5, 5.41) is 6.16. The molecule has 172 valence electrons. The number of nitrogens with one attached hydrogen (secondary N) is 3. The zero-order valence-electron chi connectivity index (χ0n) is 17.8. The molecule has 0 atom stereocenters. The minimum atomic E-state index is -3.46. The highest BCUT2D eigenvalue weighted by Crippen LogP contribution is 2.13. The summed E-state index contributed by atoms with van der Waals surface area (Å²) in [7, 11) is -3.46. The highest BCUT2D eigenvalue weighted by molar-refractivity contribution is 14.0. The largest absolute Gasteiger partial charge is 0.357 e. The van der Waals surface area contributed by atoms with Crippen LogP contribution in [0.25, 0.3) is 0 Å². The van der Waals surface area contributed by atoms with Crippen LogP contribution in [-0.2, 0) is 28.9 Å². The third-order valence-corrected chi connectivity index (χ3v) is 5.61. The molecule has 31 heavy (non-hydrogen) atoms. The van der Waals surface area contributed by atoms with E-state index in [9.17, 15) is 17.2 Å². The van der Waals surface area contributed by atoms with Crippen molar-refractivity contribution in [1.29, 1.82) is 0 Å². The molecule has 0 aliphatic heterocycles. The highest BCUT2D eigenvalue weighted by atomic mass is 127. The number of hydrogen-bond acceptors (Lipinski definition) is 3. The fraction of sp³-hybridized carbons (Fsp3) is 0.381. The summed E-state index contributed by atoms with van der Waals surface area (Å²) in [5.74, 6) is -0.765. The molecule has 0 fully saturated rings. The van der Waals surface area contributed by atoms with Gasteiger partial charge in [-0.3, -0.25) is 0 Å². The second-order valence-electron chi connectivity index (χ2n) is 7.08. The minimum Gasteiger partial charge on any atom is -0.357 e. The van der Waals surface area contributed by atoms with Crippen LogP contribution in [0.2, 0.25) is 0 Å². The number of halogens is 3. The predicted molar refractivity (Wildman–Crippen MR) is 131 cm³/mol. The van der Waals surface area contributed by atoms with Crippen LogP contribution in [0.3, 0.4) is 0 Å². The molecule has 2 aromatic rings. The smallest absolute Gasteiger partial charge is 0.216 e. The third kappa shape index (κ3) is 9.48. The van der Waals surface area contributed by atoms with Crippen LogP contribution >= 0.6 is 24.0 Å². The van der Waals surface area contributed by atoms with Gasteiger partial charge in [-0.2, -0.15) is 0 Å². The number of benzene rings is 2. The number of nitrogens with zero attached hydrogens (tertiary/aromatic N) is 1. The fourth-order valence-electron chi connectivity index (χ4n) is 2.83. The predicted octanol–water partition coefficient (Wildman–Crippen LogP) is 3.67. The molecule has 0 saturated carbocycles. The van der Waals surface area contributed by atoms with Gasteiger partial charge in [0.25, 0.3) is 0 Å².